The van der Waals surface area contributed by atoms with E-state index >= 15 is 0 Å². The molecule has 1 aromatic heterocycles. The number of aromatic nitrogens is 3. The average molecular weight is 306 g/mol. The largest absolute Gasteiger partial charge is 0.334 e. The van der Waals surface area contributed by atoms with E-state index < -0.39 is 6.43 Å². The summed E-state index contributed by atoms with van der Waals surface area (Å²) in [6.07, 6.45) is -2.57. The molecule has 0 atom stereocenters. The molecule has 0 saturated carbocycles. The first kappa shape index (κ1) is 14.6. The second kappa shape index (κ2) is 5.47. The lowest BCUT2D eigenvalue weighted by atomic mass is 10.0. The number of aryl methyl sites for hydroxylation is 2. The summed E-state index contributed by atoms with van der Waals surface area (Å²) < 4.78 is 27.2. The zero-order valence-corrected chi connectivity index (χ0v) is 12.3. The van der Waals surface area contributed by atoms with Crippen LogP contribution in [0.3, 0.4) is 0 Å². The predicted molar refractivity (Wildman–Crippen MR) is 75.8 cm³/mol. The Morgan fingerprint density at radius 2 is 2.05 bits per heavy atom. The Bertz CT molecular complexity index is 707. The second-order valence-corrected chi connectivity index (χ2v) is 5.44. The molecule has 3 rings (SSSR count). The van der Waals surface area contributed by atoms with Gasteiger partial charge in [0, 0.05) is 24.2 Å². The molecular weight excluding hydrogens is 290 g/mol. The highest BCUT2D eigenvalue weighted by atomic mass is 19.3. The first-order valence-electron chi connectivity index (χ1n) is 7.03. The highest BCUT2D eigenvalue weighted by Crippen LogP contribution is 2.25. The van der Waals surface area contributed by atoms with Gasteiger partial charge in [-0.2, -0.15) is 5.10 Å². The van der Waals surface area contributed by atoms with Crippen LogP contribution >= 0.6 is 0 Å². The number of amides is 1. The molecule has 0 N–H and O–H groups in total. The van der Waals surface area contributed by atoms with Gasteiger partial charge < -0.3 is 4.90 Å². The minimum Gasteiger partial charge on any atom is -0.334 e. The molecule has 1 fully saturated rings. The Hall–Kier alpha value is -2.31. The summed E-state index contributed by atoms with van der Waals surface area (Å²) in [7, 11) is 0. The summed E-state index contributed by atoms with van der Waals surface area (Å²) >= 11 is 0. The first-order chi connectivity index (χ1) is 10.5. The fourth-order valence-corrected chi connectivity index (χ4v) is 2.65. The molecule has 0 spiro atoms. The van der Waals surface area contributed by atoms with E-state index in [1.54, 1.807) is 11.0 Å². The van der Waals surface area contributed by atoms with Crippen molar-refractivity contribution in [2.24, 2.45) is 0 Å². The van der Waals surface area contributed by atoms with E-state index in [1.165, 1.54) is 18.2 Å². The first-order valence-corrected chi connectivity index (χ1v) is 7.03. The Labute approximate surface area is 126 Å². The van der Waals surface area contributed by atoms with Crippen molar-refractivity contribution in [2.75, 3.05) is 13.1 Å². The van der Waals surface area contributed by atoms with Crippen molar-refractivity contribution >= 4 is 5.91 Å². The minimum absolute atomic E-state index is 0.100. The van der Waals surface area contributed by atoms with E-state index in [9.17, 15) is 13.6 Å². The van der Waals surface area contributed by atoms with Gasteiger partial charge >= 0.3 is 0 Å². The quantitative estimate of drug-likeness (QED) is 0.875. The Morgan fingerprint density at radius 3 is 2.64 bits per heavy atom. The number of benzene rings is 1. The number of likely N-dealkylation sites (tertiary alicyclic amines) is 1. The summed E-state index contributed by atoms with van der Waals surface area (Å²) in [4.78, 5) is 18.2. The molecule has 5 nitrogen and oxygen atoms in total. The maximum absolute atomic E-state index is 12.7. The van der Waals surface area contributed by atoms with E-state index in [0.29, 0.717) is 24.5 Å². The topological polar surface area (TPSA) is 51.0 Å². The van der Waals surface area contributed by atoms with Gasteiger partial charge in [-0.05, 0) is 26.0 Å². The van der Waals surface area contributed by atoms with Gasteiger partial charge in [0.1, 0.15) is 11.6 Å². The lowest BCUT2D eigenvalue weighted by molar-refractivity contribution is 0.0496. The van der Waals surface area contributed by atoms with Gasteiger partial charge in [-0.3, -0.25) is 4.79 Å². The van der Waals surface area contributed by atoms with E-state index in [-0.39, 0.29) is 17.5 Å². The van der Waals surface area contributed by atoms with Crippen LogP contribution in [0.1, 0.15) is 40.0 Å². The van der Waals surface area contributed by atoms with Crippen molar-refractivity contribution in [3.63, 3.8) is 0 Å². The van der Waals surface area contributed by atoms with Crippen LogP contribution in [0.2, 0.25) is 0 Å². The maximum Gasteiger partial charge on any atom is 0.263 e. The Morgan fingerprint density at radius 1 is 1.32 bits per heavy atom. The molecule has 2 heterocycles. The summed E-state index contributed by atoms with van der Waals surface area (Å²) in [6.45, 7) is 4.72. The predicted octanol–water partition coefficient (Wildman–Crippen LogP) is 2.53. The molecule has 116 valence electrons. The number of hydrogen-bond acceptors (Lipinski definition) is 3. The third-order valence-electron chi connectivity index (χ3n) is 3.79. The highest BCUT2D eigenvalue weighted by Gasteiger charge is 2.34. The number of hydrogen-bond donors (Lipinski definition) is 0. The lowest BCUT2D eigenvalue weighted by Crippen LogP contribution is -2.51. The number of nitrogens with zero attached hydrogens (tertiary/aromatic N) is 4. The van der Waals surface area contributed by atoms with Crippen LogP contribution in [0, 0.1) is 13.8 Å². The van der Waals surface area contributed by atoms with Gasteiger partial charge in [0.05, 0.1) is 6.04 Å². The molecule has 1 aliphatic rings. The van der Waals surface area contributed by atoms with Gasteiger partial charge in [0.25, 0.3) is 12.3 Å². The highest BCUT2D eigenvalue weighted by molar-refractivity contribution is 5.95. The van der Waals surface area contributed by atoms with Crippen LogP contribution < -0.4 is 0 Å². The smallest absolute Gasteiger partial charge is 0.263 e. The number of carbonyl (C=O) groups excluding carboxylic acids is 1. The minimum atomic E-state index is -2.57. The average Bonchev–Trinajstić information content (AvgIpc) is 2.76. The molecule has 1 saturated heterocycles. The van der Waals surface area contributed by atoms with Crippen molar-refractivity contribution in [2.45, 2.75) is 26.3 Å². The third-order valence-corrected chi connectivity index (χ3v) is 3.79. The molecule has 0 bridgehead atoms. The van der Waals surface area contributed by atoms with Crippen LogP contribution in [0.25, 0.3) is 0 Å². The number of carbonyl (C=O) groups is 1. The standard InChI is InChI=1S/C15H16F2N4O/c1-9-18-10(2)21(19-9)13-7-20(8-13)15(22)12-5-3-4-11(6-12)14(16)17/h3-6,13-14H,7-8H2,1-2H3. The normalized spacial score (nSPS) is 15.2. The molecule has 22 heavy (non-hydrogen) atoms. The van der Waals surface area contributed by atoms with Crippen molar-refractivity contribution in [3.8, 4) is 0 Å². The lowest BCUT2D eigenvalue weighted by Gasteiger charge is -2.39. The fraction of sp³-hybridized carbons (Fsp3) is 0.400. The molecule has 0 unspecified atom stereocenters. The van der Waals surface area contributed by atoms with Crippen molar-refractivity contribution in [1.29, 1.82) is 0 Å². The molecule has 1 amide bonds. The van der Waals surface area contributed by atoms with Gasteiger partial charge in [-0.1, -0.05) is 12.1 Å². The van der Waals surface area contributed by atoms with Crippen molar-refractivity contribution in [3.05, 3.63) is 47.0 Å². The van der Waals surface area contributed by atoms with Gasteiger partial charge in [-0.25, -0.2) is 18.4 Å². The van der Waals surface area contributed by atoms with Crippen LogP contribution in [0.5, 0.6) is 0 Å². The van der Waals surface area contributed by atoms with Crippen molar-refractivity contribution < 1.29 is 13.6 Å². The SMILES string of the molecule is Cc1nc(C)n(C2CN(C(=O)c3cccc(C(F)F)c3)C2)n1. The molecule has 0 radical (unpaired) electrons. The zero-order valence-electron chi connectivity index (χ0n) is 12.3. The van der Waals surface area contributed by atoms with E-state index in [4.69, 9.17) is 0 Å². The third kappa shape index (κ3) is 2.58. The number of alkyl halides is 2. The van der Waals surface area contributed by atoms with E-state index in [2.05, 4.69) is 10.1 Å². The second-order valence-electron chi connectivity index (χ2n) is 5.44. The summed E-state index contributed by atoms with van der Waals surface area (Å²) in [6, 6.07) is 5.72. The molecular formula is C15H16F2N4O. The summed E-state index contributed by atoms with van der Waals surface area (Å²) in [5.41, 5.74) is 0.161. The van der Waals surface area contributed by atoms with Crippen LogP contribution in [-0.2, 0) is 0 Å². The van der Waals surface area contributed by atoms with E-state index in [1.807, 2.05) is 18.5 Å². The Kier molecular flexibility index (Phi) is 3.64. The summed E-state index contributed by atoms with van der Waals surface area (Å²) in [5.74, 6) is 1.29. The molecule has 2 aromatic rings. The van der Waals surface area contributed by atoms with Gasteiger partial charge in [0.15, 0.2) is 0 Å². The zero-order chi connectivity index (χ0) is 15.9. The molecule has 7 heteroatoms. The fourth-order valence-electron chi connectivity index (χ4n) is 2.65. The molecule has 1 aliphatic heterocycles. The van der Waals surface area contributed by atoms with Crippen LogP contribution in [-0.4, -0.2) is 38.7 Å². The van der Waals surface area contributed by atoms with Crippen LogP contribution in [0.15, 0.2) is 24.3 Å². The Balaban J connectivity index is 1.69. The number of rotatable bonds is 3. The van der Waals surface area contributed by atoms with E-state index in [0.717, 1.165) is 5.82 Å². The monoisotopic (exact) mass is 306 g/mol. The molecule has 1 aromatic carbocycles. The van der Waals surface area contributed by atoms with Gasteiger partial charge in [-0.15, -0.1) is 0 Å². The summed E-state index contributed by atoms with van der Waals surface area (Å²) in [5, 5.41) is 4.30. The number of halogens is 2. The molecule has 0 aliphatic carbocycles. The maximum atomic E-state index is 12.7. The van der Waals surface area contributed by atoms with Crippen LogP contribution in [0.4, 0.5) is 8.78 Å². The van der Waals surface area contributed by atoms with Gasteiger partial charge in [0.2, 0.25) is 0 Å². The van der Waals surface area contributed by atoms with Crippen molar-refractivity contribution in [1.82, 2.24) is 19.7 Å².